The summed E-state index contributed by atoms with van der Waals surface area (Å²) < 4.78 is 41.3. The van der Waals surface area contributed by atoms with Crippen LogP contribution in [0.4, 0.5) is 4.79 Å². The second-order valence-electron chi connectivity index (χ2n) is 9.87. The van der Waals surface area contributed by atoms with Gasteiger partial charge in [0.25, 0.3) is 0 Å². The Hall–Kier alpha value is -3.02. The Morgan fingerprint density at radius 3 is 2.12 bits per heavy atom. The molecule has 0 radical (unpaired) electrons. The molecule has 2 aliphatic heterocycles. The number of esters is 1. The smallest absolute Gasteiger partial charge is 0.408 e. The van der Waals surface area contributed by atoms with Crippen LogP contribution in [0.25, 0.3) is 0 Å². The lowest BCUT2D eigenvalue weighted by molar-refractivity contribution is -0.261. The van der Waals surface area contributed by atoms with Gasteiger partial charge in [-0.25, -0.2) is 9.59 Å². The quantitative estimate of drug-likeness (QED) is 0.364. The van der Waals surface area contributed by atoms with Gasteiger partial charge >= 0.3 is 12.1 Å². The number of amides is 1. The van der Waals surface area contributed by atoms with Crippen molar-refractivity contribution < 1.29 is 42.7 Å². The van der Waals surface area contributed by atoms with Crippen molar-refractivity contribution >= 4 is 12.1 Å². The van der Waals surface area contributed by atoms with Gasteiger partial charge in [0, 0.05) is 0 Å². The fourth-order valence-electron chi connectivity index (χ4n) is 4.85. The Bertz CT molecular complexity index is 1080. The third kappa shape index (κ3) is 7.38. The van der Waals surface area contributed by atoms with E-state index in [9.17, 15) is 9.59 Å². The lowest BCUT2D eigenvalue weighted by atomic mass is 10.1. The topological polar surface area (TPSA) is 111 Å². The van der Waals surface area contributed by atoms with Gasteiger partial charge in [0.1, 0.15) is 24.9 Å². The van der Waals surface area contributed by atoms with Crippen molar-refractivity contribution in [2.75, 3.05) is 13.7 Å². The van der Waals surface area contributed by atoms with Crippen LogP contribution < -0.4 is 5.32 Å². The molecule has 2 heterocycles. The third-order valence-corrected chi connectivity index (χ3v) is 7.20. The minimum absolute atomic E-state index is 0.0528. The molecular formula is C30H39NO9. The van der Waals surface area contributed by atoms with Crippen LogP contribution in [0.15, 0.2) is 60.7 Å². The first-order chi connectivity index (χ1) is 19.4. The van der Waals surface area contributed by atoms with Crippen LogP contribution in [0, 0.1) is 0 Å². The number of methoxy groups -OCH3 is 1. The number of hydrogen-bond acceptors (Lipinski definition) is 9. The van der Waals surface area contributed by atoms with Crippen molar-refractivity contribution in [2.24, 2.45) is 0 Å². The molecule has 0 unspecified atom stereocenters. The average Bonchev–Trinajstić information content (AvgIpc) is 3.52. The van der Waals surface area contributed by atoms with Crippen LogP contribution in [0.3, 0.4) is 0 Å². The molecule has 4 rings (SSSR count). The highest BCUT2D eigenvalue weighted by Crippen LogP contribution is 2.43. The normalized spacial score (nSPS) is 24.6. The standard InChI is InChI=1S/C30H39NO9/c1-5-30(6-2)39-25-23(19-35-17-21-13-9-7-10-14-21)38-28(26(25)40-30)37-20(3)24(27(32)34-4)31-29(33)36-18-22-15-11-8-12-16-22/h7-16,20,23-26,28H,5-6,17-19H2,1-4H3,(H,31,33)/t20-,23-,24+,25-,26-,28-/m1/s1. The van der Waals surface area contributed by atoms with Gasteiger partial charge in [-0.1, -0.05) is 74.5 Å². The average molecular weight is 558 g/mol. The highest BCUT2D eigenvalue weighted by molar-refractivity contribution is 5.81. The van der Waals surface area contributed by atoms with Gasteiger partial charge in [0.05, 0.1) is 26.4 Å². The fourth-order valence-corrected chi connectivity index (χ4v) is 4.85. The second-order valence-corrected chi connectivity index (χ2v) is 9.87. The zero-order chi connectivity index (χ0) is 28.5. The van der Waals surface area contributed by atoms with E-state index in [2.05, 4.69) is 5.32 Å². The Morgan fingerprint density at radius 1 is 0.925 bits per heavy atom. The molecule has 0 aliphatic carbocycles. The lowest BCUT2D eigenvalue weighted by Gasteiger charge is -2.31. The van der Waals surface area contributed by atoms with Crippen molar-refractivity contribution in [3.63, 3.8) is 0 Å². The summed E-state index contributed by atoms with van der Waals surface area (Å²) in [4.78, 5) is 25.1. The SMILES string of the molecule is CCC1(CC)O[C@H]2[C@H](O[C@H](C)[C@H](NC(=O)OCc3ccccc3)C(=O)OC)O[C@H](COCc3ccccc3)[C@H]2O1. The summed E-state index contributed by atoms with van der Waals surface area (Å²) in [5.74, 6) is -1.44. The molecule has 218 valence electrons. The molecule has 10 heteroatoms. The first-order valence-corrected chi connectivity index (χ1v) is 13.7. The number of fused-ring (bicyclic) bond motifs is 1. The molecule has 2 aliphatic rings. The summed E-state index contributed by atoms with van der Waals surface area (Å²) in [6.45, 7) is 6.40. The van der Waals surface area contributed by atoms with E-state index in [1.807, 2.05) is 74.5 Å². The number of rotatable bonds is 13. The lowest BCUT2D eigenvalue weighted by Crippen LogP contribution is -2.51. The van der Waals surface area contributed by atoms with Gasteiger partial charge in [0.2, 0.25) is 0 Å². The van der Waals surface area contributed by atoms with E-state index in [0.29, 0.717) is 19.4 Å². The minimum atomic E-state index is -1.15. The maximum absolute atomic E-state index is 12.6. The highest BCUT2D eigenvalue weighted by Gasteiger charge is 2.58. The second kappa shape index (κ2) is 14.0. The predicted molar refractivity (Wildman–Crippen MR) is 144 cm³/mol. The van der Waals surface area contributed by atoms with Crippen LogP contribution in [-0.2, 0) is 51.2 Å². The molecule has 0 spiro atoms. The monoisotopic (exact) mass is 557 g/mol. The van der Waals surface area contributed by atoms with Crippen molar-refractivity contribution in [2.45, 2.75) is 89.4 Å². The first kappa shape index (κ1) is 30.0. The van der Waals surface area contributed by atoms with E-state index in [-0.39, 0.29) is 13.2 Å². The van der Waals surface area contributed by atoms with Crippen molar-refractivity contribution in [3.05, 3.63) is 71.8 Å². The van der Waals surface area contributed by atoms with Crippen LogP contribution in [0.2, 0.25) is 0 Å². The number of alkyl carbamates (subject to hydrolysis) is 1. The van der Waals surface area contributed by atoms with E-state index >= 15 is 0 Å². The van der Waals surface area contributed by atoms with Crippen LogP contribution >= 0.6 is 0 Å². The molecule has 2 saturated heterocycles. The van der Waals surface area contributed by atoms with Gasteiger partial charge < -0.3 is 38.5 Å². The van der Waals surface area contributed by atoms with Gasteiger partial charge in [-0.15, -0.1) is 0 Å². The molecule has 2 aromatic carbocycles. The molecule has 0 bridgehead atoms. The summed E-state index contributed by atoms with van der Waals surface area (Å²) in [5.41, 5.74) is 1.86. The Labute approximate surface area is 235 Å². The minimum Gasteiger partial charge on any atom is -0.467 e. The van der Waals surface area contributed by atoms with E-state index in [4.69, 9.17) is 33.2 Å². The number of ether oxygens (including phenoxy) is 7. The highest BCUT2D eigenvalue weighted by atomic mass is 16.8. The fraction of sp³-hybridized carbons (Fsp3) is 0.533. The van der Waals surface area contributed by atoms with Gasteiger partial charge in [0.15, 0.2) is 18.1 Å². The van der Waals surface area contributed by atoms with Crippen LogP contribution in [0.5, 0.6) is 0 Å². The molecule has 1 amide bonds. The summed E-state index contributed by atoms with van der Waals surface area (Å²) >= 11 is 0. The molecule has 40 heavy (non-hydrogen) atoms. The molecule has 2 aromatic rings. The molecule has 10 nitrogen and oxygen atoms in total. The summed E-state index contributed by atoms with van der Waals surface area (Å²) in [6, 6.07) is 17.9. The van der Waals surface area contributed by atoms with E-state index in [1.165, 1.54) is 7.11 Å². The number of hydrogen-bond donors (Lipinski definition) is 1. The number of carbonyl (C=O) groups is 2. The van der Waals surface area contributed by atoms with Gasteiger partial charge in [-0.2, -0.15) is 0 Å². The van der Waals surface area contributed by atoms with Crippen molar-refractivity contribution in [1.82, 2.24) is 5.32 Å². The van der Waals surface area contributed by atoms with Crippen LogP contribution in [-0.4, -0.2) is 68.3 Å². The predicted octanol–water partition coefficient (Wildman–Crippen LogP) is 4.10. The van der Waals surface area contributed by atoms with Crippen molar-refractivity contribution in [1.29, 1.82) is 0 Å². The zero-order valence-electron chi connectivity index (χ0n) is 23.4. The zero-order valence-corrected chi connectivity index (χ0v) is 23.4. The number of nitrogens with one attached hydrogen (secondary N) is 1. The summed E-state index contributed by atoms with van der Waals surface area (Å²) in [6.07, 6.45) is -2.60. The molecule has 2 fully saturated rings. The van der Waals surface area contributed by atoms with E-state index in [0.717, 1.165) is 11.1 Å². The molecule has 6 atom stereocenters. The summed E-state index contributed by atoms with van der Waals surface area (Å²) in [5, 5.41) is 2.56. The Balaban J connectivity index is 1.40. The first-order valence-electron chi connectivity index (χ1n) is 13.7. The maximum atomic E-state index is 12.6. The molecular weight excluding hydrogens is 518 g/mol. The van der Waals surface area contributed by atoms with E-state index < -0.39 is 54.6 Å². The maximum Gasteiger partial charge on any atom is 0.408 e. The Kier molecular flexibility index (Phi) is 10.5. The number of carbonyl (C=O) groups excluding carboxylic acids is 2. The van der Waals surface area contributed by atoms with Gasteiger partial charge in [-0.3, -0.25) is 0 Å². The van der Waals surface area contributed by atoms with E-state index in [1.54, 1.807) is 6.92 Å². The molecule has 1 N–H and O–H groups in total. The van der Waals surface area contributed by atoms with Gasteiger partial charge in [-0.05, 0) is 30.9 Å². The third-order valence-electron chi connectivity index (χ3n) is 7.20. The number of benzene rings is 2. The summed E-state index contributed by atoms with van der Waals surface area (Å²) in [7, 11) is 1.24. The van der Waals surface area contributed by atoms with Crippen molar-refractivity contribution in [3.8, 4) is 0 Å². The molecule has 0 saturated carbocycles. The Morgan fingerprint density at radius 2 is 1.52 bits per heavy atom. The molecule has 0 aromatic heterocycles. The van der Waals surface area contributed by atoms with Crippen LogP contribution in [0.1, 0.15) is 44.7 Å². The largest absolute Gasteiger partial charge is 0.467 e.